The van der Waals surface area contributed by atoms with Gasteiger partial charge in [-0.25, -0.2) is 0 Å². The molecule has 2 heterocycles. The molecule has 0 aliphatic rings. The topological polar surface area (TPSA) is 87.6 Å². The van der Waals surface area contributed by atoms with Crippen molar-refractivity contribution in [1.29, 1.82) is 0 Å². The predicted molar refractivity (Wildman–Crippen MR) is 91.1 cm³/mol. The highest BCUT2D eigenvalue weighted by atomic mass is 16.5. The van der Waals surface area contributed by atoms with E-state index >= 15 is 0 Å². The highest BCUT2D eigenvalue weighted by molar-refractivity contribution is 5.69. The molecular formula is C17H21N5O2. The Hall–Kier alpha value is -2.67. The molecule has 0 amide bonds. The third-order valence-corrected chi connectivity index (χ3v) is 3.99. The molecule has 3 aromatic rings. The summed E-state index contributed by atoms with van der Waals surface area (Å²) in [5, 5.41) is 13.0. The molecule has 0 bridgehead atoms. The molecule has 2 N–H and O–H groups in total. The van der Waals surface area contributed by atoms with Crippen molar-refractivity contribution in [3.05, 3.63) is 36.2 Å². The molecule has 0 aliphatic carbocycles. The summed E-state index contributed by atoms with van der Waals surface area (Å²) in [5.74, 6) is 2.32. The molecule has 7 nitrogen and oxygen atoms in total. The van der Waals surface area contributed by atoms with E-state index in [0.717, 1.165) is 17.0 Å². The van der Waals surface area contributed by atoms with E-state index in [1.165, 1.54) is 0 Å². The molecule has 0 radical (unpaired) electrons. The van der Waals surface area contributed by atoms with Crippen LogP contribution in [0.25, 0.3) is 16.9 Å². The van der Waals surface area contributed by atoms with Crippen molar-refractivity contribution in [2.24, 2.45) is 11.7 Å². The predicted octanol–water partition coefficient (Wildman–Crippen LogP) is 2.46. The van der Waals surface area contributed by atoms with Gasteiger partial charge >= 0.3 is 0 Å². The van der Waals surface area contributed by atoms with Gasteiger partial charge in [0.1, 0.15) is 11.5 Å². The maximum atomic E-state index is 6.23. The lowest BCUT2D eigenvalue weighted by molar-refractivity contribution is 0.404. The van der Waals surface area contributed by atoms with Gasteiger partial charge in [-0.05, 0) is 36.2 Å². The van der Waals surface area contributed by atoms with Crippen molar-refractivity contribution in [2.75, 3.05) is 14.2 Å². The summed E-state index contributed by atoms with van der Waals surface area (Å²) in [5.41, 5.74) is 8.45. The third kappa shape index (κ3) is 2.78. The number of aromatic nitrogens is 4. The molecule has 2 aromatic heterocycles. The zero-order chi connectivity index (χ0) is 17.3. The largest absolute Gasteiger partial charge is 0.497 e. The van der Waals surface area contributed by atoms with Gasteiger partial charge in [0.05, 0.1) is 26.0 Å². The smallest absolute Gasteiger partial charge is 0.178 e. The zero-order valence-corrected chi connectivity index (χ0v) is 14.2. The lowest BCUT2D eigenvalue weighted by Gasteiger charge is -2.14. The molecule has 0 saturated carbocycles. The number of hydrogen-bond acceptors (Lipinski definition) is 6. The molecule has 126 valence electrons. The van der Waals surface area contributed by atoms with E-state index in [-0.39, 0.29) is 12.0 Å². The fraction of sp³-hybridized carbons (Fsp3) is 0.353. The quantitative estimate of drug-likeness (QED) is 0.774. The second-order valence-corrected chi connectivity index (χ2v) is 5.88. The first-order chi connectivity index (χ1) is 11.5. The summed E-state index contributed by atoms with van der Waals surface area (Å²) in [7, 11) is 3.25. The second-order valence-electron chi connectivity index (χ2n) is 5.88. The van der Waals surface area contributed by atoms with Crippen LogP contribution in [0.5, 0.6) is 11.5 Å². The summed E-state index contributed by atoms with van der Waals surface area (Å²) in [4.78, 5) is 0. The molecular weight excluding hydrogens is 306 g/mol. The van der Waals surface area contributed by atoms with E-state index in [9.17, 15) is 0 Å². The number of benzene rings is 1. The Morgan fingerprint density at radius 2 is 1.83 bits per heavy atom. The van der Waals surface area contributed by atoms with Crippen LogP contribution >= 0.6 is 0 Å². The molecule has 1 atom stereocenters. The molecule has 0 spiro atoms. The Labute approximate surface area is 140 Å². The average Bonchev–Trinajstić information content (AvgIpc) is 3.03. The van der Waals surface area contributed by atoms with Gasteiger partial charge in [0, 0.05) is 5.56 Å². The lowest BCUT2D eigenvalue weighted by atomic mass is 10.1. The van der Waals surface area contributed by atoms with E-state index in [1.807, 2.05) is 44.2 Å². The Kier molecular flexibility index (Phi) is 4.35. The molecule has 0 unspecified atom stereocenters. The van der Waals surface area contributed by atoms with Gasteiger partial charge < -0.3 is 15.2 Å². The minimum atomic E-state index is -0.241. The van der Waals surface area contributed by atoms with Crippen molar-refractivity contribution >= 4 is 5.65 Å². The zero-order valence-electron chi connectivity index (χ0n) is 14.2. The number of nitrogens with zero attached hydrogens (tertiary/aromatic N) is 4. The van der Waals surface area contributed by atoms with Gasteiger partial charge in [-0.15, -0.1) is 10.2 Å². The van der Waals surface area contributed by atoms with Gasteiger partial charge in [-0.3, -0.25) is 0 Å². The number of hydrogen-bond donors (Lipinski definition) is 1. The van der Waals surface area contributed by atoms with Crippen molar-refractivity contribution < 1.29 is 9.47 Å². The van der Waals surface area contributed by atoms with Gasteiger partial charge in [-0.2, -0.15) is 9.61 Å². The standard InChI is InChI=1S/C17H21N5O2/c1-10(2)16(18)17-20-19-15-8-6-13(21-22(15)17)12-9-11(23-3)5-7-14(12)24-4/h5-10,16H,18H2,1-4H3/t16-/m0/s1. The number of methoxy groups -OCH3 is 2. The maximum Gasteiger partial charge on any atom is 0.178 e. The van der Waals surface area contributed by atoms with Crippen LogP contribution < -0.4 is 15.2 Å². The van der Waals surface area contributed by atoms with Gasteiger partial charge in [0.2, 0.25) is 0 Å². The normalized spacial score (nSPS) is 12.6. The van der Waals surface area contributed by atoms with Gasteiger partial charge in [-0.1, -0.05) is 13.8 Å². The molecule has 0 aliphatic heterocycles. The summed E-state index contributed by atoms with van der Waals surface area (Å²) in [6.45, 7) is 4.08. The van der Waals surface area contributed by atoms with Crippen LogP contribution in [0.2, 0.25) is 0 Å². The first kappa shape index (κ1) is 16.2. The van der Waals surface area contributed by atoms with E-state index in [2.05, 4.69) is 15.3 Å². The number of rotatable bonds is 5. The Balaban J connectivity index is 2.16. The van der Waals surface area contributed by atoms with Crippen molar-refractivity contribution in [1.82, 2.24) is 19.8 Å². The fourth-order valence-electron chi connectivity index (χ4n) is 2.47. The summed E-state index contributed by atoms with van der Waals surface area (Å²) in [6.07, 6.45) is 0. The number of fused-ring (bicyclic) bond motifs is 1. The minimum Gasteiger partial charge on any atom is -0.497 e. The molecule has 7 heteroatoms. The van der Waals surface area contributed by atoms with E-state index in [1.54, 1.807) is 18.7 Å². The molecule has 1 aromatic carbocycles. The second kappa shape index (κ2) is 6.45. The average molecular weight is 327 g/mol. The fourth-order valence-corrected chi connectivity index (χ4v) is 2.47. The number of nitrogens with two attached hydrogens (primary N) is 1. The third-order valence-electron chi connectivity index (χ3n) is 3.99. The van der Waals surface area contributed by atoms with Gasteiger partial charge in [0.25, 0.3) is 0 Å². The van der Waals surface area contributed by atoms with E-state index in [4.69, 9.17) is 15.2 Å². The monoisotopic (exact) mass is 327 g/mol. The number of ether oxygens (including phenoxy) is 2. The van der Waals surface area contributed by atoms with E-state index in [0.29, 0.717) is 17.2 Å². The highest BCUT2D eigenvalue weighted by Gasteiger charge is 2.19. The van der Waals surface area contributed by atoms with Crippen LogP contribution in [0.15, 0.2) is 30.3 Å². The molecule has 24 heavy (non-hydrogen) atoms. The van der Waals surface area contributed by atoms with Crippen molar-refractivity contribution in [3.8, 4) is 22.8 Å². The lowest BCUT2D eigenvalue weighted by Crippen LogP contribution is -2.20. The van der Waals surface area contributed by atoms with Crippen LogP contribution in [0.3, 0.4) is 0 Å². The molecule has 0 fully saturated rings. The first-order valence-electron chi connectivity index (χ1n) is 7.75. The van der Waals surface area contributed by atoms with Gasteiger partial charge in [0.15, 0.2) is 11.5 Å². The summed E-state index contributed by atoms with van der Waals surface area (Å²) in [6, 6.07) is 9.10. The van der Waals surface area contributed by atoms with Crippen molar-refractivity contribution in [3.63, 3.8) is 0 Å². The van der Waals surface area contributed by atoms with Crippen LogP contribution in [-0.2, 0) is 0 Å². The summed E-state index contributed by atoms with van der Waals surface area (Å²) < 4.78 is 12.4. The molecule has 0 saturated heterocycles. The first-order valence-corrected chi connectivity index (χ1v) is 7.75. The minimum absolute atomic E-state index is 0.231. The highest BCUT2D eigenvalue weighted by Crippen LogP contribution is 2.32. The van der Waals surface area contributed by atoms with Crippen LogP contribution in [-0.4, -0.2) is 34.0 Å². The SMILES string of the molecule is COc1ccc(OC)c(-c2ccc3nnc([C@@H](N)C(C)C)n3n2)c1. The van der Waals surface area contributed by atoms with E-state index < -0.39 is 0 Å². The Morgan fingerprint density at radius 3 is 2.50 bits per heavy atom. The molecule has 3 rings (SSSR count). The van der Waals surface area contributed by atoms with Crippen LogP contribution in [0.1, 0.15) is 25.7 Å². The Morgan fingerprint density at radius 1 is 1.04 bits per heavy atom. The van der Waals surface area contributed by atoms with Crippen LogP contribution in [0, 0.1) is 5.92 Å². The Bertz CT molecular complexity index is 859. The summed E-state index contributed by atoms with van der Waals surface area (Å²) >= 11 is 0. The maximum absolute atomic E-state index is 6.23. The van der Waals surface area contributed by atoms with Crippen molar-refractivity contribution in [2.45, 2.75) is 19.9 Å². The van der Waals surface area contributed by atoms with Crippen LogP contribution in [0.4, 0.5) is 0 Å².